The number of hydrogen-bond donors (Lipinski definition) is 0. The highest BCUT2D eigenvalue weighted by Crippen LogP contribution is 2.31. The van der Waals surface area contributed by atoms with Crippen LogP contribution >= 0.6 is 11.3 Å². The van der Waals surface area contributed by atoms with Crippen LogP contribution in [0.5, 0.6) is 0 Å². The smallest absolute Gasteiger partial charge is 0.205 e. The van der Waals surface area contributed by atoms with E-state index >= 15 is 0 Å². The molecule has 3 heteroatoms. The van der Waals surface area contributed by atoms with Gasteiger partial charge in [-0.05, 0) is 29.3 Å². The van der Waals surface area contributed by atoms with Crippen molar-refractivity contribution in [2.45, 2.75) is 12.8 Å². The Hall–Kier alpha value is -2.00. The van der Waals surface area contributed by atoms with Gasteiger partial charge < -0.3 is 0 Å². The highest BCUT2D eigenvalue weighted by Gasteiger charge is 2.09. The van der Waals surface area contributed by atoms with Crippen molar-refractivity contribution in [3.8, 4) is 10.4 Å². The lowest BCUT2D eigenvalue weighted by molar-refractivity contribution is 0.151. The summed E-state index contributed by atoms with van der Waals surface area (Å²) in [6, 6.07) is 20.9. The van der Waals surface area contributed by atoms with E-state index in [9.17, 15) is 8.78 Å². The fraction of sp³-hybridized carbons (Fsp3) is 0.111. The Balaban J connectivity index is 1.83. The molecule has 0 aliphatic carbocycles. The zero-order chi connectivity index (χ0) is 14.7. The van der Waals surface area contributed by atoms with Crippen molar-refractivity contribution < 1.29 is 8.78 Å². The second-order valence-electron chi connectivity index (χ2n) is 4.85. The van der Waals surface area contributed by atoms with Crippen LogP contribution in [0.3, 0.4) is 0 Å². The van der Waals surface area contributed by atoms with Crippen LogP contribution in [0.4, 0.5) is 8.78 Å². The monoisotopic (exact) mass is 300 g/mol. The maximum Gasteiger partial charge on any atom is 0.263 e. The average Bonchev–Trinajstić information content (AvgIpc) is 2.97. The maximum absolute atomic E-state index is 12.8. The summed E-state index contributed by atoms with van der Waals surface area (Å²) in [5.41, 5.74) is 2.19. The van der Waals surface area contributed by atoms with E-state index < -0.39 is 6.43 Å². The fourth-order valence-electron chi connectivity index (χ4n) is 2.25. The second-order valence-corrected chi connectivity index (χ2v) is 6.02. The van der Waals surface area contributed by atoms with Crippen molar-refractivity contribution in [1.29, 1.82) is 0 Å². The van der Waals surface area contributed by atoms with E-state index in [4.69, 9.17) is 0 Å². The van der Waals surface area contributed by atoms with Crippen LogP contribution in [0.1, 0.15) is 22.4 Å². The molecule has 0 aliphatic rings. The Bertz CT molecular complexity index is 717. The first kappa shape index (κ1) is 14.0. The second kappa shape index (κ2) is 6.19. The molecule has 3 aromatic rings. The largest absolute Gasteiger partial charge is 0.263 e. The Labute approximate surface area is 126 Å². The molecule has 1 aromatic heterocycles. The topological polar surface area (TPSA) is 0 Å². The number of hydrogen-bond acceptors (Lipinski definition) is 1. The standard InChI is InChI=1S/C18H14F2S/c19-18(20)15-8-4-7-14(12-15)17-10-9-16(21-17)11-13-5-2-1-3-6-13/h1-10,12,18H,11H2. The van der Waals surface area contributed by atoms with Gasteiger partial charge >= 0.3 is 0 Å². The van der Waals surface area contributed by atoms with Crippen LogP contribution in [-0.2, 0) is 6.42 Å². The Morgan fingerprint density at radius 3 is 2.43 bits per heavy atom. The minimum absolute atomic E-state index is 0.0745. The van der Waals surface area contributed by atoms with E-state index in [2.05, 4.69) is 18.2 Å². The number of benzene rings is 2. The summed E-state index contributed by atoms with van der Waals surface area (Å²) in [7, 11) is 0. The van der Waals surface area contributed by atoms with Crippen LogP contribution in [0.15, 0.2) is 66.7 Å². The van der Waals surface area contributed by atoms with Crippen molar-refractivity contribution >= 4 is 11.3 Å². The molecule has 0 bridgehead atoms. The first-order valence-electron chi connectivity index (χ1n) is 6.73. The summed E-state index contributed by atoms with van der Waals surface area (Å²) in [4.78, 5) is 2.27. The first-order valence-corrected chi connectivity index (χ1v) is 7.55. The summed E-state index contributed by atoms with van der Waals surface area (Å²) in [5.74, 6) is 0. The molecule has 21 heavy (non-hydrogen) atoms. The number of alkyl halides is 2. The third-order valence-electron chi connectivity index (χ3n) is 3.31. The van der Waals surface area contributed by atoms with Crippen LogP contribution in [0.2, 0.25) is 0 Å². The van der Waals surface area contributed by atoms with E-state index in [1.807, 2.05) is 30.3 Å². The highest BCUT2D eigenvalue weighted by molar-refractivity contribution is 7.15. The zero-order valence-corrected chi connectivity index (χ0v) is 12.1. The number of rotatable bonds is 4. The van der Waals surface area contributed by atoms with Gasteiger partial charge in [0.1, 0.15) is 0 Å². The predicted molar refractivity (Wildman–Crippen MR) is 84.0 cm³/mol. The lowest BCUT2D eigenvalue weighted by Crippen LogP contribution is -1.84. The average molecular weight is 300 g/mol. The number of halogens is 2. The molecule has 2 aromatic carbocycles. The van der Waals surface area contributed by atoms with E-state index in [1.165, 1.54) is 16.5 Å². The molecule has 0 nitrogen and oxygen atoms in total. The van der Waals surface area contributed by atoms with Gasteiger partial charge in [0.05, 0.1) is 0 Å². The van der Waals surface area contributed by atoms with Crippen LogP contribution < -0.4 is 0 Å². The molecule has 0 amide bonds. The molecule has 0 spiro atoms. The van der Waals surface area contributed by atoms with Gasteiger partial charge in [-0.1, -0.05) is 48.5 Å². The van der Waals surface area contributed by atoms with Crippen LogP contribution in [0, 0.1) is 0 Å². The van der Waals surface area contributed by atoms with Gasteiger partial charge in [-0.25, -0.2) is 8.78 Å². The van der Waals surface area contributed by atoms with Gasteiger partial charge in [-0.2, -0.15) is 0 Å². The molecule has 0 saturated carbocycles. The van der Waals surface area contributed by atoms with Gasteiger partial charge in [0.2, 0.25) is 0 Å². The summed E-state index contributed by atoms with van der Waals surface area (Å²) < 4.78 is 25.5. The minimum Gasteiger partial charge on any atom is -0.205 e. The van der Waals surface area contributed by atoms with Crippen molar-refractivity contribution in [3.63, 3.8) is 0 Å². The molecular weight excluding hydrogens is 286 g/mol. The Morgan fingerprint density at radius 1 is 0.857 bits per heavy atom. The summed E-state index contributed by atoms with van der Waals surface area (Å²) in [6.07, 6.45) is -1.55. The molecule has 0 fully saturated rings. The molecule has 106 valence electrons. The molecule has 0 unspecified atom stereocenters. The normalized spacial score (nSPS) is 11.0. The number of thiophene rings is 1. The zero-order valence-electron chi connectivity index (χ0n) is 11.3. The first-order chi connectivity index (χ1) is 10.2. The molecule has 0 atom stereocenters. The van der Waals surface area contributed by atoms with E-state index in [0.29, 0.717) is 0 Å². The van der Waals surface area contributed by atoms with Crippen molar-refractivity contribution in [3.05, 3.63) is 82.7 Å². The maximum atomic E-state index is 12.8. The van der Waals surface area contributed by atoms with Gasteiger partial charge in [-0.15, -0.1) is 11.3 Å². The molecule has 0 radical (unpaired) electrons. The summed E-state index contributed by atoms with van der Waals surface area (Å²) >= 11 is 1.66. The van der Waals surface area contributed by atoms with Gasteiger partial charge in [0.25, 0.3) is 6.43 Å². The Kier molecular flexibility index (Phi) is 4.11. The van der Waals surface area contributed by atoms with E-state index in [1.54, 1.807) is 23.5 Å². The lowest BCUT2D eigenvalue weighted by atomic mass is 10.1. The summed E-state index contributed by atoms with van der Waals surface area (Å²) in [5, 5.41) is 0. The third-order valence-corrected chi connectivity index (χ3v) is 4.44. The van der Waals surface area contributed by atoms with Crippen molar-refractivity contribution in [1.82, 2.24) is 0 Å². The quantitative estimate of drug-likeness (QED) is 0.559. The minimum atomic E-state index is -2.42. The Morgan fingerprint density at radius 2 is 1.67 bits per heavy atom. The van der Waals surface area contributed by atoms with Crippen LogP contribution in [0.25, 0.3) is 10.4 Å². The van der Waals surface area contributed by atoms with Crippen molar-refractivity contribution in [2.75, 3.05) is 0 Å². The van der Waals surface area contributed by atoms with Crippen molar-refractivity contribution in [2.24, 2.45) is 0 Å². The fourth-order valence-corrected chi connectivity index (χ4v) is 3.29. The molecule has 1 heterocycles. The molecule has 0 saturated heterocycles. The van der Waals surface area contributed by atoms with Gasteiger partial charge in [0, 0.05) is 21.7 Å². The molecule has 3 rings (SSSR count). The lowest BCUT2D eigenvalue weighted by Gasteiger charge is -2.02. The highest BCUT2D eigenvalue weighted by atomic mass is 32.1. The summed E-state index contributed by atoms with van der Waals surface area (Å²) in [6.45, 7) is 0. The predicted octanol–water partition coefficient (Wildman–Crippen LogP) is 5.94. The van der Waals surface area contributed by atoms with E-state index in [-0.39, 0.29) is 5.56 Å². The SMILES string of the molecule is FC(F)c1cccc(-c2ccc(Cc3ccccc3)s2)c1. The van der Waals surface area contributed by atoms with Gasteiger partial charge in [-0.3, -0.25) is 0 Å². The van der Waals surface area contributed by atoms with Gasteiger partial charge in [0.15, 0.2) is 0 Å². The molecule has 0 aliphatic heterocycles. The third kappa shape index (κ3) is 3.37. The molecular formula is C18H14F2S. The molecule has 0 N–H and O–H groups in total. The van der Waals surface area contributed by atoms with E-state index in [0.717, 1.165) is 16.9 Å². The van der Waals surface area contributed by atoms with Crippen LogP contribution in [-0.4, -0.2) is 0 Å².